The Morgan fingerprint density at radius 3 is 3.00 bits per heavy atom. The lowest BCUT2D eigenvalue weighted by molar-refractivity contribution is 0.183. The van der Waals surface area contributed by atoms with Gasteiger partial charge >= 0.3 is 0 Å². The van der Waals surface area contributed by atoms with Crippen LogP contribution < -0.4 is 5.32 Å². The minimum Gasteiger partial charge on any atom is -0.393 e. The second kappa shape index (κ2) is 5.76. The molecule has 0 saturated carbocycles. The van der Waals surface area contributed by atoms with E-state index in [1.54, 1.807) is 6.92 Å². The van der Waals surface area contributed by atoms with Crippen molar-refractivity contribution in [2.24, 2.45) is 0 Å². The van der Waals surface area contributed by atoms with Crippen LogP contribution in [0.25, 0.3) is 0 Å². The summed E-state index contributed by atoms with van der Waals surface area (Å²) in [6.45, 7) is 3.36. The van der Waals surface area contributed by atoms with Gasteiger partial charge in [0.25, 0.3) is 0 Å². The average Bonchev–Trinajstić information content (AvgIpc) is 2.60. The van der Waals surface area contributed by atoms with E-state index in [9.17, 15) is 0 Å². The zero-order valence-corrected chi connectivity index (χ0v) is 8.97. The monoisotopic (exact) mass is 210 g/mol. The minimum absolute atomic E-state index is 0.250. The number of thiophene rings is 1. The number of aliphatic hydroxyl groups excluding tert-OH is 1. The molecule has 0 aliphatic heterocycles. The maximum absolute atomic E-state index is 9.01. The van der Waals surface area contributed by atoms with E-state index in [-0.39, 0.29) is 6.10 Å². The molecule has 3 nitrogen and oxygen atoms in total. The largest absolute Gasteiger partial charge is 0.393 e. The maximum atomic E-state index is 9.01. The highest BCUT2D eigenvalue weighted by Crippen LogP contribution is 2.14. The first kappa shape index (κ1) is 11.2. The molecule has 0 radical (unpaired) electrons. The molecule has 4 heteroatoms. The fourth-order valence-electron chi connectivity index (χ4n) is 1.06. The van der Waals surface area contributed by atoms with E-state index in [1.807, 2.05) is 12.1 Å². The van der Waals surface area contributed by atoms with Crippen molar-refractivity contribution in [2.75, 3.05) is 6.54 Å². The third-order valence-corrected chi connectivity index (χ3v) is 2.80. The van der Waals surface area contributed by atoms with Crippen LogP contribution in [0.15, 0.2) is 12.1 Å². The molecule has 0 spiro atoms. The van der Waals surface area contributed by atoms with Gasteiger partial charge in [-0.15, -0.1) is 11.3 Å². The Labute approximate surface area is 88.0 Å². The number of nitrogens with zero attached hydrogens (tertiary/aromatic N) is 1. The van der Waals surface area contributed by atoms with Crippen molar-refractivity contribution in [1.82, 2.24) is 5.32 Å². The SMILES string of the molecule is CC(O)CCNCc1ccc(C#N)s1. The predicted molar refractivity (Wildman–Crippen MR) is 57.0 cm³/mol. The normalized spacial score (nSPS) is 12.4. The van der Waals surface area contributed by atoms with Crippen molar-refractivity contribution >= 4 is 11.3 Å². The number of nitriles is 1. The smallest absolute Gasteiger partial charge is 0.110 e. The first-order valence-electron chi connectivity index (χ1n) is 4.60. The molecule has 0 bridgehead atoms. The molecule has 0 saturated heterocycles. The van der Waals surface area contributed by atoms with Gasteiger partial charge in [0.15, 0.2) is 0 Å². The summed E-state index contributed by atoms with van der Waals surface area (Å²) in [5.74, 6) is 0. The van der Waals surface area contributed by atoms with Gasteiger partial charge in [-0.1, -0.05) is 0 Å². The fraction of sp³-hybridized carbons (Fsp3) is 0.500. The van der Waals surface area contributed by atoms with Gasteiger partial charge in [-0.3, -0.25) is 0 Å². The van der Waals surface area contributed by atoms with Gasteiger partial charge in [0.05, 0.1) is 6.10 Å². The van der Waals surface area contributed by atoms with Gasteiger partial charge < -0.3 is 10.4 Å². The molecule has 1 heterocycles. The van der Waals surface area contributed by atoms with E-state index >= 15 is 0 Å². The molecule has 2 N–H and O–H groups in total. The highest BCUT2D eigenvalue weighted by Gasteiger charge is 1.99. The van der Waals surface area contributed by atoms with Crippen LogP contribution in [-0.4, -0.2) is 17.8 Å². The van der Waals surface area contributed by atoms with E-state index in [1.165, 1.54) is 11.3 Å². The lowest BCUT2D eigenvalue weighted by Crippen LogP contribution is -2.17. The van der Waals surface area contributed by atoms with E-state index in [2.05, 4.69) is 11.4 Å². The molecular weight excluding hydrogens is 196 g/mol. The van der Waals surface area contributed by atoms with Gasteiger partial charge in [0.2, 0.25) is 0 Å². The highest BCUT2D eigenvalue weighted by atomic mass is 32.1. The molecule has 1 rings (SSSR count). The summed E-state index contributed by atoms with van der Waals surface area (Å²) >= 11 is 1.51. The van der Waals surface area contributed by atoms with Crippen LogP contribution >= 0.6 is 11.3 Å². The predicted octanol–water partition coefficient (Wildman–Crippen LogP) is 1.48. The zero-order chi connectivity index (χ0) is 10.4. The molecule has 1 atom stereocenters. The third-order valence-electron chi connectivity index (χ3n) is 1.81. The van der Waals surface area contributed by atoms with Crippen molar-refractivity contribution in [2.45, 2.75) is 26.0 Å². The van der Waals surface area contributed by atoms with Gasteiger partial charge in [-0.05, 0) is 32.0 Å². The molecule has 0 aliphatic rings. The summed E-state index contributed by atoms with van der Waals surface area (Å²) in [6, 6.07) is 5.89. The van der Waals surface area contributed by atoms with Crippen LogP contribution in [0.1, 0.15) is 23.1 Å². The number of hydrogen-bond acceptors (Lipinski definition) is 4. The van der Waals surface area contributed by atoms with Crippen LogP contribution in [-0.2, 0) is 6.54 Å². The number of hydrogen-bond donors (Lipinski definition) is 2. The van der Waals surface area contributed by atoms with Crippen molar-refractivity contribution in [1.29, 1.82) is 5.26 Å². The van der Waals surface area contributed by atoms with Crippen LogP contribution in [0.3, 0.4) is 0 Å². The Bertz CT molecular complexity index is 314. The summed E-state index contributed by atoms with van der Waals surface area (Å²) in [4.78, 5) is 1.91. The molecule has 1 aromatic heterocycles. The van der Waals surface area contributed by atoms with Crippen LogP contribution in [0, 0.1) is 11.3 Å². The lowest BCUT2D eigenvalue weighted by Gasteiger charge is -2.04. The Morgan fingerprint density at radius 2 is 2.43 bits per heavy atom. The fourth-order valence-corrected chi connectivity index (χ4v) is 1.83. The first-order chi connectivity index (χ1) is 6.72. The second-order valence-electron chi connectivity index (χ2n) is 3.19. The van der Waals surface area contributed by atoms with Crippen LogP contribution in [0.5, 0.6) is 0 Å². The Kier molecular flexibility index (Phi) is 4.60. The third kappa shape index (κ3) is 3.88. The summed E-state index contributed by atoms with van der Waals surface area (Å²) in [5, 5.41) is 20.8. The molecular formula is C10H14N2OS. The number of nitrogens with one attached hydrogen (secondary N) is 1. The lowest BCUT2D eigenvalue weighted by atomic mass is 10.3. The van der Waals surface area contributed by atoms with Crippen molar-refractivity contribution in [3.05, 3.63) is 21.9 Å². The van der Waals surface area contributed by atoms with Crippen LogP contribution in [0.4, 0.5) is 0 Å². The second-order valence-corrected chi connectivity index (χ2v) is 4.36. The van der Waals surface area contributed by atoms with Gasteiger partial charge in [-0.2, -0.15) is 5.26 Å². The summed E-state index contributed by atoms with van der Waals surface area (Å²) in [6.07, 6.45) is 0.511. The zero-order valence-electron chi connectivity index (χ0n) is 8.16. The molecule has 0 fully saturated rings. The molecule has 0 aliphatic carbocycles. The quantitative estimate of drug-likeness (QED) is 0.724. The van der Waals surface area contributed by atoms with Crippen molar-refractivity contribution in [3.63, 3.8) is 0 Å². The number of rotatable bonds is 5. The standard InChI is InChI=1S/C10H14N2OS/c1-8(13)4-5-12-7-10-3-2-9(6-11)14-10/h2-3,8,12-13H,4-5,7H2,1H3. The average molecular weight is 210 g/mol. The Hall–Kier alpha value is -0.890. The topological polar surface area (TPSA) is 56.0 Å². The highest BCUT2D eigenvalue weighted by molar-refractivity contribution is 7.12. The number of aliphatic hydroxyl groups is 1. The summed E-state index contributed by atoms with van der Waals surface area (Å²) < 4.78 is 0. The maximum Gasteiger partial charge on any atom is 0.110 e. The summed E-state index contributed by atoms with van der Waals surface area (Å²) in [5.41, 5.74) is 0. The van der Waals surface area contributed by atoms with E-state index in [4.69, 9.17) is 10.4 Å². The van der Waals surface area contributed by atoms with Crippen LogP contribution in [0.2, 0.25) is 0 Å². The van der Waals surface area contributed by atoms with E-state index in [0.717, 1.165) is 29.3 Å². The van der Waals surface area contributed by atoms with Crippen molar-refractivity contribution < 1.29 is 5.11 Å². The van der Waals surface area contributed by atoms with Crippen molar-refractivity contribution in [3.8, 4) is 6.07 Å². The van der Waals surface area contributed by atoms with Gasteiger partial charge in [0, 0.05) is 11.4 Å². The minimum atomic E-state index is -0.250. The van der Waals surface area contributed by atoms with Gasteiger partial charge in [0.1, 0.15) is 10.9 Å². The summed E-state index contributed by atoms with van der Waals surface area (Å²) in [7, 11) is 0. The molecule has 1 aromatic rings. The Morgan fingerprint density at radius 1 is 1.64 bits per heavy atom. The molecule has 76 valence electrons. The van der Waals surface area contributed by atoms with E-state index in [0.29, 0.717) is 0 Å². The van der Waals surface area contributed by atoms with Gasteiger partial charge in [-0.25, -0.2) is 0 Å². The molecule has 14 heavy (non-hydrogen) atoms. The molecule has 1 unspecified atom stereocenters. The first-order valence-corrected chi connectivity index (χ1v) is 5.41. The molecule has 0 aromatic carbocycles. The molecule has 0 amide bonds. The Balaban J connectivity index is 2.22. The van der Waals surface area contributed by atoms with E-state index < -0.39 is 0 Å².